The van der Waals surface area contributed by atoms with Crippen LogP contribution in [0.4, 0.5) is 0 Å². The molecule has 0 unspecified atom stereocenters. The van der Waals surface area contributed by atoms with Crippen molar-refractivity contribution >= 4 is 11.9 Å². The average Bonchev–Trinajstić information content (AvgIpc) is 2.80. The molecule has 18 heavy (non-hydrogen) atoms. The van der Waals surface area contributed by atoms with Crippen LogP contribution in [0.5, 0.6) is 0 Å². The summed E-state index contributed by atoms with van der Waals surface area (Å²) in [5, 5.41) is 8.92. The van der Waals surface area contributed by atoms with Gasteiger partial charge in [-0.25, -0.2) is 0 Å². The highest BCUT2D eigenvalue weighted by molar-refractivity contribution is 5.75. The Morgan fingerprint density at radius 1 is 1.22 bits per heavy atom. The number of carboxylic acids is 1. The molecule has 1 N–H and O–H groups in total. The third-order valence-corrected chi connectivity index (χ3v) is 3.51. The third kappa shape index (κ3) is 5.04. The highest BCUT2D eigenvalue weighted by Gasteiger charge is 2.24. The number of carbonyl (C=O) groups is 2. The third-order valence-electron chi connectivity index (χ3n) is 3.51. The Bertz CT molecular complexity index is 286. The van der Waals surface area contributed by atoms with E-state index in [-0.39, 0.29) is 12.5 Å². The van der Waals surface area contributed by atoms with Crippen molar-refractivity contribution in [1.82, 2.24) is 9.80 Å². The summed E-state index contributed by atoms with van der Waals surface area (Å²) in [5.74, 6) is -0.669. The SMILES string of the molecule is CN(C)C(=O)CCCN(CC(=O)O)C1CCCC1. The summed E-state index contributed by atoms with van der Waals surface area (Å²) < 4.78 is 0. The number of amides is 1. The first kappa shape index (κ1) is 15.0. The normalized spacial score (nSPS) is 16.2. The molecule has 0 atom stereocenters. The van der Waals surface area contributed by atoms with Crippen LogP contribution in [0.3, 0.4) is 0 Å². The van der Waals surface area contributed by atoms with Gasteiger partial charge in [0.05, 0.1) is 6.54 Å². The van der Waals surface area contributed by atoms with E-state index in [0.29, 0.717) is 19.0 Å². The summed E-state index contributed by atoms with van der Waals surface area (Å²) in [6.07, 6.45) is 5.80. The van der Waals surface area contributed by atoms with Crippen LogP contribution in [0, 0.1) is 0 Å². The Morgan fingerprint density at radius 3 is 2.33 bits per heavy atom. The highest BCUT2D eigenvalue weighted by Crippen LogP contribution is 2.23. The Hall–Kier alpha value is -1.10. The summed E-state index contributed by atoms with van der Waals surface area (Å²) in [4.78, 5) is 25.9. The number of aliphatic carboxylic acids is 1. The molecule has 104 valence electrons. The molecule has 5 heteroatoms. The van der Waals surface area contributed by atoms with Crippen molar-refractivity contribution in [3.05, 3.63) is 0 Å². The molecule has 1 saturated carbocycles. The van der Waals surface area contributed by atoms with Gasteiger partial charge in [-0.3, -0.25) is 14.5 Å². The predicted molar refractivity (Wildman–Crippen MR) is 69.4 cm³/mol. The van der Waals surface area contributed by atoms with E-state index in [0.717, 1.165) is 19.3 Å². The fraction of sp³-hybridized carbons (Fsp3) is 0.846. The predicted octanol–water partition coefficient (Wildman–Crippen LogP) is 1.18. The van der Waals surface area contributed by atoms with Crippen molar-refractivity contribution in [3.8, 4) is 0 Å². The highest BCUT2D eigenvalue weighted by atomic mass is 16.4. The van der Waals surface area contributed by atoms with Crippen LogP contribution in [-0.2, 0) is 9.59 Å². The zero-order valence-corrected chi connectivity index (χ0v) is 11.4. The zero-order valence-electron chi connectivity index (χ0n) is 11.4. The lowest BCUT2D eigenvalue weighted by atomic mass is 10.2. The topological polar surface area (TPSA) is 60.9 Å². The molecular weight excluding hydrogens is 232 g/mol. The monoisotopic (exact) mass is 256 g/mol. The molecule has 0 saturated heterocycles. The fourth-order valence-corrected chi connectivity index (χ4v) is 2.49. The van der Waals surface area contributed by atoms with E-state index < -0.39 is 5.97 Å². The average molecular weight is 256 g/mol. The molecule has 1 rings (SSSR count). The quantitative estimate of drug-likeness (QED) is 0.743. The molecule has 0 bridgehead atoms. The minimum Gasteiger partial charge on any atom is -0.480 e. The number of rotatable bonds is 7. The zero-order chi connectivity index (χ0) is 13.5. The second-order valence-electron chi connectivity index (χ2n) is 5.19. The molecule has 1 amide bonds. The van der Waals surface area contributed by atoms with Crippen molar-refractivity contribution in [1.29, 1.82) is 0 Å². The van der Waals surface area contributed by atoms with Crippen LogP contribution in [0.15, 0.2) is 0 Å². The van der Waals surface area contributed by atoms with Crippen molar-refractivity contribution in [2.75, 3.05) is 27.2 Å². The second-order valence-corrected chi connectivity index (χ2v) is 5.19. The molecule has 0 radical (unpaired) electrons. The second kappa shape index (κ2) is 7.36. The maximum atomic E-state index is 11.5. The van der Waals surface area contributed by atoms with Crippen LogP contribution >= 0.6 is 0 Å². The van der Waals surface area contributed by atoms with Crippen LogP contribution in [-0.4, -0.2) is 60.0 Å². The van der Waals surface area contributed by atoms with E-state index in [1.165, 1.54) is 12.8 Å². The van der Waals surface area contributed by atoms with Crippen LogP contribution in [0.25, 0.3) is 0 Å². The molecule has 5 nitrogen and oxygen atoms in total. The minimum absolute atomic E-state index is 0.0980. The first-order valence-corrected chi connectivity index (χ1v) is 6.66. The van der Waals surface area contributed by atoms with Crippen LogP contribution in [0.2, 0.25) is 0 Å². The number of hydrogen-bond acceptors (Lipinski definition) is 3. The van der Waals surface area contributed by atoms with Gasteiger partial charge < -0.3 is 10.0 Å². The number of hydrogen-bond donors (Lipinski definition) is 1. The summed E-state index contributed by atoms with van der Waals surface area (Å²) >= 11 is 0. The lowest BCUT2D eigenvalue weighted by Gasteiger charge is -2.27. The molecule has 1 aliphatic rings. The van der Waals surface area contributed by atoms with Gasteiger partial charge in [-0.1, -0.05) is 12.8 Å². The maximum absolute atomic E-state index is 11.5. The molecule has 0 aromatic rings. The van der Waals surface area contributed by atoms with Gasteiger partial charge in [0, 0.05) is 26.6 Å². The van der Waals surface area contributed by atoms with E-state index in [9.17, 15) is 9.59 Å². The van der Waals surface area contributed by atoms with Crippen LogP contribution in [0.1, 0.15) is 38.5 Å². The molecule has 1 fully saturated rings. The van der Waals surface area contributed by atoms with E-state index in [1.54, 1.807) is 19.0 Å². The van der Waals surface area contributed by atoms with E-state index in [1.807, 2.05) is 4.90 Å². The molecule has 0 aromatic heterocycles. The van der Waals surface area contributed by atoms with Gasteiger partial charge in [-0.15, -0.1) is 0 Å². The molecule has 0 spiro atoms. The van der Waals surface area contributed by atoms with Crippen molar-refractivity contribution in [2.45, 2.75) is 44.6 Å². The number of carbonyl (C=O) groups excluding carboxylic acids is 1. The maximum Gasteiger partial charge on any atom is 0.317 e. The number of carboxylic acid groups (broad SMARTS) is 1. The lowest BCUT2D eigenvalue weighted by Crippen LogP contribution is -2.38. The smallest absolute Gasteiger partial charge is 0.317 e. The summed E-state index contributed by atoms with van der Waals surface area (Å²) in [6, 6.07) is 0.399. The largest absolute Gasteiger partial charge is 0.480 e. The fourth-order valence-electron chi connectivity index (χ4n) is 2.49. The molecule has 1 aliphatic carbocycles. The molecular formula is C13H24N2O3. The summed E-state index contributed by atoms with van der Waals surface area (Å²) in [5.41, 5.74) is 0. The van der Waals surface area contributed by atoms with Gasteiger partial charge >= 0.3 is 5.97 Å². The van der Waals surface area contributed by atoms with E-state index >= 15 is 0 Å². The van der Waals surface area contributed by atoms with Crippen LogP contribution < -0.4 is 0 Å². The van der Waals surface area contributed by atoms with E-state index in [4.69, 9.17) is 5.11 Å². The molecule has 0 aromatic carbocycles. The van der Waals surface area contributed by atoms with Gasteiger partial charge in [0.25, 0.3) is 0 Å². The molecule has 0 aliphatic heterocycles. The molecule has 0 heterocycles. The van der Waals surface area contributed by atoms with Crippen molar-refractivity contribution < 1.29 is 14.7 Å². The van der Waals surface area contributed by atoms with Gasteiger partial charge in [-0.2, -0.15) is 0 Å². The minimum atomic E-state index is -0.777. The van der Waals surface area contributed by atoms with Gasteiger partial charge in [0.15, 0.2) is 0 Å². The first-order valence-electron chi connectivity index (χ1n) is 6.66. The standard InChI is InChI=1S/C13H24N2O3/c1-14(2)12(16)8-5-9-15(10-13(17)18)11-6-3-4-7-11/h11H,3-10H2,1-2H3,(H,17,18). The Morgan fingerprint density at radius 2 is 1.83 bits per heavy atom. The Balaban J connectivity index is 2.36. The number of nitrogens with zero attached hydrogens (tertiary/aromatic N) is 2. The summed E-state index contributed by atoms with van der Waals surface area (Å²) in [6.45, 7) is 0.803. The summed E-state index contributed by atoms with van der Waals surface area (Å²) in [7, 11) is 3.49. The van der Waals surface area contributed by atoms with Gasteiger partial charge in [-0.05, 0) is 25.8 Å². The lowest BCUT2D eigenvalue weighted by molar-refractivity contribution is -0.138. The van der Waals surface area contributed by atoms with Gasteiger partial charge in [0.2, 0.25) is 5.91 Å². The Labute approximate surface area is 109 Å². The Kier molecular flexibility index (Phi) is 6.12. The van der Waals surface area contributed by atoms with Crippen molar-refractivity contribution in [3.63, 3.8) is 0 Å². The van der Waals surface area contributed by atoms with Crippen molar-refractivity contribution in [2.24, 2.45) is 0 Å². The first-order chi connectivity index (χ1) is 8.50. The van der Waals surface area contributed by atoms with E-state index in [2.05, 4.69) is 0 Å². The van der Waals surface area contributed by atoms with Gasteiger partial charge in [0.1, 0.15) is 0 Å².